The van der Waals surface area contributed by atoms with Gasteiger partial charge in [-0.3, -0.25) is 14.3 Å². The average Bonchev–Trinajstić information content (AvgIpc) is 1.66. The van der Waals surface area contributed by atoms with Crippen LogP contribution in [0.4, 0.5) is 0 Å². The molecule has 5 unspecified atom stereocenters. The molecule has 5 atom stereocenters. The summed E-state index contributed by atoms with van der Waals surface area (Å²) in [5.74, 6) is 26.2. The number of ether oxygens (including phenoxy) is 1. The van der Waals surface area contributed by atoms with Crippen molar-refractivity contribution in [3.63, 3.8) is 0 Å². The number of carbonyl (C=O) groups is 2. The number of hydrogen-bond donors (Lipinski definition) is 1. The van der Waals surface area contributed by atoms with E-state index in [2.05, 4.69) is 344 Å². The van der Waals surface area contributed by atoms with E-state index in [0.29, 0.717) is 72.2 Å². The Hall–Kier alpha value is -2.80. The molecule has 130 heavy (non-hydrogen) atoms. The van der Waals surface area contributed by atoms with E-state index in [-0.39, 0.29) is 5.91 Å². The van der Waals surface area contributed by atoms with Crippen LogP contribution in [0.3, 0.4) is 0 Å². The second-order valence-electron chi connectivity index (χ2n) is 49.5. The Morgan fingerprint density at radius 2 is 1.02 bits per heavy atom. The lowest BCUT2D eigenvalue weighted by atomic mass is 9.67. The summed E-state index contributed by atoms with van der Waals surface area (Å²) in [6.07, 6.45) is 36.4. The third-order valence-corrected chi connectivity index (χ3v) is 29.7. The van der Waals surface area contributed by atoms with E-state index in [1.807, 2.05) is 20.9 Å². The molecule has 2 aromatic heterocycles. The summed E-state index contributed by atoms with van der Waals surface area (Å²) in [6.45, 7) is 99.4. The summed E-state index contributed by atoms with van der Waals surface area (Å²) in [5, 5.41) is 14.6. The van der Waals surface area contributed by atoms with Crippen LogP contribution < -0.4 is 5.32 Å². The van der Waals surface area contributed by atoms with Crippen LogP contribution in [0.1, 0.15) is 451 Å². The van der Waals surface area contributed by atoms with Crippen molar-refractivity contribution >= 4 is 34.9 Å². The van der Waals surface area contributed by atoms with Crippen molar-refractivity contribution in [2.24, 2.45) is 160 Å². The Morgan fingerprint density at radius 1 is 0.477 bits per heavy atom. The first-order valence-corrected chi connectivity index (χ1v) is 57.2. The SMILES string of the molecule is CC(C)CC(=O)N1CCC(C(C)C)C1.CC(C)CC1CCC(C(C)C)CC1.CC(C)CCC1CC(C(C)C)C1.CC(C)CCCSCC(C)C.CC(C)CCN1CCC(C(C)C)C1.CC(C)CCNC(=O)CC(C)C.CC(C)CCc1nc(CC(C)C)cs1.CC(C)COC1CCC(C(C)C)C1.CC(C)Cc1cn(CC(C)C)nn1.CC(C)c1cccc2c1CC(C(C)C)C2. The first kappa shape index (κ1) is 127. The largest absolute Gasteiger partial charge is 0.378 e. The highest BCUT2D eigenvalue weighted by molar-refractivity contribution is 7.99. The van der Waals surface area contributed by atoms with Gasteiger partial charge in [-0.25, -0.2) is 4.98 Å². The molecule has 5 fully saturated rings. The number of aromatic nitrogens is 4. The minimum atomic E-state index is 0.186. The van der Waals surface area contributed by atoms with Crippen LogP contribution in [0.25, 0.3) is 0 Å². The molecule has 6 aliphatic rings. The van der Waals surface area contributed by atoms with Gasteiger partial charge in [-0.15, -0.1) is 16.4 Å². The predicted octanol–water partition coefficient (Wildman–Crippen LogP) is 33.9. The van der Waals surface area contributed by atoms with Crippen molar-refractivity contribution in [2.45, 2.75) is 462 Å². The number of hydrogen-bond acceptors (Lipinski definition) is 9. The Morgan fingerprint density at radius 3 is 1.49 bits per heavy atom. The van der Waals surface area contributed by atoms with Crippen LogP contribution in [-0.2, 0) is 53.0 Å². The first-order valence-electron chi connectivity index (χ1n) is 55.2. The molecule has 0 bridgehead atoms. The van der Waals surface area contributed by atoms with E-state index >= 15 is 0 Å². The van der Waals surface area contributed by atoms with Crippen molar-refractivity contribution in [3.8, 4) is 0 Å². The van der Waals surface area contributed by atoms with Gasteiger partial charge in [0.25, 0.3) is 0 Å². The second-order valence-corrected chi connectivity index (χ2v) is 51.6. The van der Waals surface area contributed by atoms with Crippen LogP contribution >= 0.6 is 23.1 Å². The lowest BCUT2D eigenvalue weighted by Gasteiger charge is -2.38. The number of benzene rings is 1. The summed E-state index contributed by atoms with van der Waals surface area (Å²) < 4.78 is 7.78. The summed E-state index contributed by atoms with van der Waals surface area (Å²) in [5.41, 5.74) is 7.24. The molecule has 2 saturated heterocycles. The molecule has 3 aromatic rings. The zero-order valence-corrected chi connectivity index (χ0v) is 95.9. The number of fused-ring (bicyclic) bond motifs is 1. The van der Waals surface area contributed by atoms with Gasteiger partial charge in [0, 0.05) is 63.7 Å². The highest BCUT2D eigenvalue weighted by Crippen LogP contribution is 2.42. The van der Waals surface area contributed by atoms with Crippen molar-refractivity contribution in [2.75, 3.05) is 57.4 Å². The van der Waals surface area contributed by atoms with Crippen molar-refractivity contribution in [3.05, 3.63) is 62.9 Å². The predicted molar refractivity (Wildman–Crippen MR) is 581 cm³/mol. The monoisotopic (exact) mass is 1850 g/mol. The van der Waals surface area contributed by atoms with E-state index in [1.54, 1.807) is 16.7 Å². The van der Waals surface area contributed by atoms with E-state index in [1.165, 1.54) is 170 Å². The third-order valence-electron chi connectivity index (χ3n) is 27.3. The molecular formula is C118H227N7O3S2. The third kappa shape index (κ3) is 65.1. The normalized spacial score (nSPS) is 20.2. The van der Waals surface area contributed by atoms with Crippen molar-refractivity contribution in [1.29, 1.82) is 0 Å². The van der Waals surface area contributed by atoms with E-state index in [0.717, 1.165) is 183 Å². The number of carbonyl (C=O) groups excluding carboxylic acids is 2. The quantitative estimate of drug-likeness (QED) is 0.0562. The van der Waals surface area contributed by atoms with Crippen molar-refractivity contribution < 1.29 is 14.3 Å². The highest BCUT2D eigenvalue weighted by Gasteiger charge is 2.33. The van der Waals surface area contributed by atoms with Gasteiger partial charge >= 0.3 is 0 Å². The van der Waals surface area contributed by atoms with Gasteiger partial charge in [-0.1, -0.05) is 332 Å². The van der Waals surface area contributed by atoms with Crippen LogP contribution in [0.5, 0.6) is 0 Å². The molecular weight excluding hydrogens is 1630 g/mol. The summed E-state index contributed by atoms with van der Waals surface area (Å²) in [6, 6.07) is 6.87. The Balaban J connectivity index is 0.00000142. The number of nitrogens with zero attached hydrogens (tertiary/aromatic N) is 6. The summed E-state index contributed by atoms with van der Waals surface area (Å²) in [7, 11) is 0. The molecule has 12 heteroatoms. The molecule has 10 nitrogen and oxygen atoms in total. The van der Waals surface area contributed by atoms with Gasteiger partial charge < -0.3 is 19.9 Å². The van der Waals surface area contributed by atoms with Gasteiger partial charge in [-0.2, -0.15) is 11.8 Å². The second kappa shape index (κ2) is 72.5. The van der Waals surface area contributed by atoms with Crippen LogP contribution in [0.15, 0.2) is 29.8 Å². The van der Waals surface area contributed by atoms with Gasteiger partial charge in [0.2, 0.25) is 11.8 Å². The molecule has 1 aromatic carbocycles. The number of thiazole rings is 1. The number of likely N-dealkylation sites (tertiary alicyclic amines) is 2. The van der Waals surface area contributed by atoms with Crippen LogP contribution in [0.2, 0.25) is 0 Å². The van der Waals surface area contributed by atoms with Crippen LogP contribution in [-0.4, -0.2) is 105 Å². The maximum atomic E-state index is 11.7. The number of amides is 2. The Labute approximate surface area is 821 Å². The van der Waals surface area contributed by atoms with E-state index < -0.39 is 0 Å². The molecule has 2 aliphatic heterocycles. The molecule has 4 heterocycles. The van der Waals surface area contributed by atoms with Gasteiger partial charge in [0.1, 0.15) is 0 Å². The molecule has 0 spiro atoms. The zero-order valence-electron chi connectivity index (χ0n) is 94.3. The molecule has 3 saturated carbocycles. The standard InChI is InChI=1S/C15H22.C13H26.C12H23NO.C12H21NS.C12H25N.C12H24O.C12H24.C10H19N3.C10H21NO.C10H22S/c1-10(2)13-8-12-6-5-7-14(11(3)4)15(12)9-13;1-10(2)9-12-5-7-13(8-6-12)11(3)4;1-9(2)7-12(14)13-6-5-11(8-13)10(3)4;1-9(2)5-6-12-13-11(8-14-12)7-10(3)4;1-10(2)5-7-13-8-6-12(9-13)11(3)4;1-9(2)8-13-12-6-5-11(7-12)10(3)4;1-9(2)5-6-11-7-12(8-11)10(3)4;1-8(2)5-10-7-13(12-11-10)6-9(3)4;1-8(2)5-6-11-10(12)7-9(3)4;1-9(2)6-5-7-11-8-10(3)4/h5-7,10-11,13H,8-9H2,1-4H3;10-13H,5-9H2,1-4H3;9-11H,5-8H2,1-4H3;8-10H,5-7H2,1-4H3;10-12H,5-9H2,1-4H3;9-12H,5-8H2,1-4H3;9-12H,5-8H2,1-4H3;7-9H,5-6H2,1-4H3;8-9H,5-7H2,1-4H3,(H,11,12);9-10H,5-8H2,1-4H3. The molecule has 764 valence electrons. The van der Waals surface area contributed by atoms with Gasteiger partial charge in [0.05, 0.1) is 22.5 Å². The first-order chi connectivity index (χ1) is 60.8. The minimum absolute atomic E-state index is 0.186. The fourth-order valence-corrected chi connectivity index (χ4v) is 20.2. The lowest BCUT2D eigenvalue weighted by molar-refractivity contribution is -0.131. The zero-order chi connectivity index (χ0) is 99.0. The maximum Gasteiger partial charge on any atom is 0.222 e. The molecule has 1 N–H and O–H groups in total. The molecule has 2 amide bonds. The fourth-order valence-electron chi connectivity index (χ4n) is 18.3. The molecule has 4 aliphatic carbocycles. The minimum Gasteiger partial charge on any atom is -0.378 e. The van der Waals surface area contributed by atoms with Crippen LogP contribution in [0, 0.1) is 160 Å². The fraction of sp³-hybridized carbons (Fsp3) is 0.890. The lowest BCUT2D eigenvalue weighted by Crippen LogP contribution is -2.30. The Bertz CT molecular complexity index is 3070. The highest BCUT2D eigenvalue weighted by atomic mass is 32.2. The summed E-state index contributed by atoms with van der Waals surface area (Å²) in [4.78, 5) is 32.2. The smallest absolute Gasteiger partial charge is 0.222 e. The number of aryl methyl sites for hydroxylation is 1. The molecule has 0 radical (unpaired) electrons. The number of thioether (sulfide) groups is 1. The van der Waals surface area contributed by atoms with Gasteiger partial charge in [0.15, 0.2) is 0 Å². The molecule has 9 rings (SSSR count). The Kier molecular flexibility index (Phi) is 70.9. The van der Waals surface area contributed by atoms with Gasteiger partial charge in [-0.05, 0) is 329 Å². The number of nitrogens with one attached hydrogen (secondary N) is 1. The van der Waals surface area contributed by atoms with Crippen molar-refractivity contribution in [1.82, 2.24) is 35.1 Å². The van der Waals surface area contributed by atoms with E-state index in [9.17, 15) is 9.59 Å². The van der Waals surface area contributed by atoms with E-state index in [4.69, 9.17) is 4.74 Å². The topological polar surface area (TPSA) is 105 Å². The number of rotatable bonds is 40. The summed E-state index contributed by atoms with van der Waals surface area (Å²) >= 11 is 3.93. The maximum absolute atomic E-state index is 11.7. The average molecular weight is 1860 g/mol.